The number of nitrogens with zero attached hydrogens (tertiary/aromatic N) is 3. The van der Waals surface area contributed by atoms with Gasteiger partial charge in [0.1, 0.15) is 18.5 Å². The number of aryl methyl sites for hydroxylation is 1. The second kappa shape index (κ2) is 6.92. The van der Waals surface area contributed by atoms with Crippen molar-refractivity contribution in [2.24, 2.45) is 0 Å². The average molecular weight is 375 g/mol. The van der Waals surface area contributed by atoms with Crippen molar-refractivity contribution in [1.82, 2.24) is 14.9 Å². The molecule has 1 aromatic heterocycles. The summed E-state index contributed by atoms with van der Waals surface area (Å²) >= 11 is 0. The van der Waals surface area contributed by atoms with Crippen molar-refractivity contribution in [1.29, 1.82) is 0 Å². The lowest BCUT2D eigenvalue weighted by atomic mass is 10.1. The molecule has 0 aliphatic rings. The molecule has 26 heavy (non-hydrogen) atoms. The first-order valence-electron chi connectivity index (χ1n) is 7.40. The number of halogens is 1. The van der Waals surface area contributed by atoms with E-state index in [1.165, 1.54) is 47.7 Å². The number of hydrogen-bond acceptors (Lipinski definition) is 5. The summed E-state index contributed by atoms with van der Waals surface area (Å²) in [6, 6.07) is 9.08. The normalized spacial score (nSPS) is 11.2. The molecule has 8 nitrogen and oxygen atoms in total. The third kappa shape index (κ3) is 3.86. The SMILES string of the molecule is Cc1ccc(S(=O)(=O)Nc2ccc(F)cc2)cc1C(=O)Nn1cnnc1. The van der Waals surface area contributed by atoms with Crippen LogP contribution in [0.1, 0.15) is 15.9 Å². The minimum Gasteiger partial charge on any atom is -0.280 e. The molecule has 0 fully saturated rings. The summed E-state index contributed by atoms with van der Waals surface area (Å²) in [5.74, 6) is -0.989. The third-order valence-corrected chi connectivity index (χ3v) is 4.89. The molecular weight excluding hydrogens is 361 g/mol. The highest BCUT2D eigenvalue weighted by atomic mass is 32.2. The van der Waals surface area contributed by atoms with Gasteiger partial charge >= 0.3 is 0 Å². The molecular formula is C16H14FN5O3S. The van der Waals surface area contributed by atoms with Gasteiger partial charge in [-0.15, -0.1) is 10.2 Å². The lowest BCUT2D eigenvalue weighted by Gasteiger charge is -2.12. The monoisotopic (exact) mass is 375 g/mol. The van der Waals surface area contributed by atoms with Gasteiger partial charge in [-0.3, -0.25) is 14.9 Å². The van der Waals surface area contributed by atoms with E-state index in [2.05, 4.69) is 20.3 Å². The lowest BCUT2D eigenvalue weighted by molar-refractivity contribution is 0.101. The van der Waals surface area contributed by atoms with E-state index in [1.807, 2.05) is 0 Å². The van der Waals surface area contributed by atoms with Crippen LogP contribution in [0.2, 0.25) is 0 Å². The summed E-state index contributed by atoms with van der Waals surface area (Å²) in [5.41, 5.74) is 3.50. The van der Waals surface area contributed by atoms with Gasteiger partial charge in [-0.1, -0.05) is 6.07 Å². The topological polar surface area (TPSA) is 106 Å². The number of nitrogens with one attached hydrogen (secondary N) is 2. The summed E-state index contributed by atoms with van der Waals surface area (Å²) in [7, 11) is -3.94. The number of benzene rings is 2. The van der Waals surface area contributed by atoms with Gasteiger partial charge in [0, 0.05) is 11.3 Å². The van der Waals surface area contributed by atoms with E-state index < -0.39 is 21.7 Å². The summed E-state index contributed by atoms with van der Waals surface area (Å²) in [6.45, 7) is 1.69. The van der Waals surface area contributed by atoms with E-state index in [0.29, 0.717) is 5.56 Å². The van der Waals surface area contributed by atoms with Crippen LogP contribution < -0.4 is 10.1 Å². The van der Waals surface area contributed by atoms with Crippen molar-refractivity contribution in [2.45, 2.75) is 11.8 Å². The Hall–Kier alpha value is -3.27. The Morgan fingerprint density at radius 3 is 2.38 bits per heavy atom. The third-order valence-electron chi connectivity index (χ3n) is 3.51. The molecule has 0 saturated heterocycles. The van der Waals surface area contributed by atoms with E-state index in [1.54, 1.807) is 6.92 Å². The highest BCUT2D eigenvalue weighted by Crippen LogP contribution is 2.20. The predicted molar refractivity (Wildman–Crippen MR) is 92.1 cm³/mol. The quantitative estimate of drug-likeness (QED) is 0.709. The number of hydrogen-bond donors (Lipinski definition) is 2. The van der Waals surface area contributed by atoms with Gasteiger partial charge in [-0.05, 0) is 48.9 Å². The Bertz CT molecular complexity index is 1030. The molecule has 0 spiro atoms. The number of rotatable bonds is 5. The van der Waals surface area contributed by atoms with Crippen molar-refractivity contribution in [3.8, 4) is 0 Å². The predicted octanol–water partition coefficient (Wildman–Crippen LogP) is 1.91. The summed E-state index contributed by atoms with van der Waals surface area (Å²) < 4.78 is 41.6. The van der Waals surface area contributed by atoms with Crippen molar-refractivity contribution in [3.05, 3.63) is 72.1 Å². The summed E-state index contributed by atoms with van der Waals surface area (Å²) in [6.07, 6.45) is 2.59. The van der Waals surface area contributed by atoms with E-state index in [9.17, 15) is 17.6 Å². The van der Waals surface area contributed by atoms with Crippen molar-refractivity contribution in [3.63, 3.8) is 0 Å². The molecule has 0 unspecified atom stereocenters. The molecule has 1 amide bonds. The highest BCUT2D eigenvalue weighted by molar-refractivity contribution is 7.92. The van der Waals surface area contributed by atoms with Gasteiger partial charge in [0.05, 0.1) is 4.90 Å². The van der Waals surface area contributed by atoms with E-state index in [4.69, 9.17) is 0 Å². The van der Waals surface area contributed by atoms with Gasteiger partial charge in [0.2, 0.25) is 0 Å². The Morgan fingerprint density at radius 1 is 1.08 bits per heavy atom. The Balaban J connectivity index is 1.88. The van der Waals surface area contributed by atoms with Crippen LogP contribution >= 0.6 is 0 Å². The van der Waals surface area contributed by atoms with Crippen LogP contribution in [-0.2, 0) is 10.0 Å². The second-order valence-corrected chi connectivity index (χ2v) is 7.08. The van der Waals surface area contributed by atoms with Crippen molar-refractivity contribution in [2.75, 3.05) is 10.1 Å². The van der Waals surface area contributed by atoms with Crippen LogP contribution in [0, 0.1) is 12.7 Å². The zero-order chi connectivity index (χ0) is 18.7. The maximum Gasteiger partial charge on any atom is 0.270 e. The average Bonchev–Trinajstić information content (AvgIpc) is 3.10. The number of anilines is 1. The number of sulfonamides is 1. The largest absolute Gasteiger partial charge is 0.280 e. The first kappa shape index (κ1) is 17.5. The zero-order valence-electron chi connectivity index (χ0n) is 13.5. The van der Waals surface area contributed by atoms with Crippen LogP contribution in [-0.4, -0.2) is 29.2 Å². The minimum absolute atomic E-state index is 0.0960. The van der Waals surface area contributed by atoms with Gasteiger partial charge in [0.25, 0.3) is 15.9 Å². The molecule has 10 heteroatoms. The zero-order valence-corrected chi connectivity index (χ0v) is 14.4. The minimum atomic E-state index is -3.94. The van der Waals surface area contributed by atoms with Gasteiger partial charge in [-0.25, -0.2) is 17.5 Å². The summed E-state index contributed by atoms with van der Waals surface area (Å²) in [4.78, 5) is 12.3. The standard InChI is InChI=1S/C16H14FN5O3S/c1-11-2-7-14(8-15(11)16(23)20-22-9-18-19-10-22)26(24,25)21-13-5-3-12(17)4-6-13/h2-10,21H,1H3,(H,20,23). The van der Waals surface area contributed by atoms with Crippen LogP contribution in [0.15, 0.2) is 60.0 Å². The Morgan fingerprint density at radius 2 is 1.73 bits per heavy atom. The molecule has 1 heterocycles. The molecule has 0 aliphatic heterocycles. The molecule has 0 aliphatic carbocycles. The number of amides is 1. The van der Waals surface area contributed by atoms with Crippen LogP contribution in [0.5, 0.6) is 0 Å². The van der Waals surface area contributed by atoms with Gasteiger partial charge in [-0.2, -0.15) is 0 Å². The lowest BCUT2D eigenvalue weighted by Crippen LogP contribution is -2.23. The molecule has 3 aromatic rings. The van der Waals surface area contributed by atoms with E-state index >= 15 is 0 Å². The second-order valence-electron chi connectivity index (χ2n) is 5.40. The molecule has 134 valence electrons. The first-order chi connectivity index (χ1) is 12.3. The van der Waals surface area contributed by atoms with Crippen LogP contribution in [0.3, 0.4) is 0 Å². The molecule has 0 saturated carbocycles. The van der Waals surface area contributed by atoms with E-state index in [-0.39, 0.29) is 16.1 Å². The number of carbonyl (C=O) groups is 1. The molecule has 0 atom stereocenters. The molecule has 2 aromatic carbocycles. The van der Waals surface area contributed by atoms with Crippen LogP contribution in [0.25, 0.3) is 0 Å². The van der Waals surface area contributed by atoms with E-state index in [0.717, 1.165) is 12.1 Å². The molecule has 3 rings (SSSR count). The van der Waals surface area contributed by atoms with Gasteiger partial charge in [0.15, 0.2) is 0 Å². The fourth-order valence-electron chi connectivity index (χ4n) is 2.18. The number of carbonyl (C=O) groups excluding carboxylic acids is 1. The smallest absolute Gasteiger partial charge is 0.270 e. The Kier molecular flexibility index (Phi) is 4.67. The maximum absolute atomic E-state index is 13.0. The Labute approximate surface area is 148 Å². The summed E-state index contributed by atoms with van der Waals surface area (Å²) in [5, 5.41) is 7.13. The fourth-order valence-corrected chi connectivity index (χ4v) is 3.27. The van der Waals surface area contributed by atoms with Crippen molar-refractivity contribution >= 4 is 21.6 Å². The highest BCUT2D eigenvalue weighted by Gasteiger charge is 2.18. The maximum atomic E-state index is 13.0. The van der Waals surface area contributed by atoms with Crippen molar-refractivity contribution < 1.29 is 17.6 Å². The number of aromatic nitrogens is 3. The molecule has 0 radical (unpaired) electrons. The van der Waals surface area contributed by atoms with Crippen LogP contribution in [0.4, 0.5) is 10.1 Å². The van der Waals surface area contributed by atoms with Gasteiger partial charge < -0.3 is 0 Å². The molecule has 2 N–H and O–H groups in total. The fraction of sp³-hybridized carbons (Fsp3) is 0.0625. The first-order valence-corrected chi connectivity index (χ1v) is 8.88. The molecule has 0 bridgehead atoms.